The van der Waals surface area contributed by atoms with Crippen LogP contribution in [0.4, 0.5) is 4.79 Å². The minimum atomic E-state index is -1.03. The summed E-state index contributed by atoms with van der Waals surface area (Å²) in [6.45, 7) is 0.932. The lowest BCUT2D eigenvalue weighted by Gasteiger charge is -2.20. The highest BCUT2D eigenvalue weighted by Crippen LogP contribution is 2.17. The molecule has 0 aromatic heterocycles. The number of ether oxygens (including phenoxy) is 1. The highest BCUT2D eigenvalue weighted by molar-refractivity contribution is 5.85. The molecule has 114 valence electrons. The zero-order chi connectivity index (χ0) is 15.2. The number of hydrogen-bond acceptors (Lipinski definition) is 3. The lowest BCUT2D eigenvalue weighted by Crippen LogP contribution is -2.45. The number of amides is 2. The molecule has 0 saturated carbocycles. The van der Waals surface area contributed by atoms with Crippen molar-refractivity contribution in [1.82, 2.24) is 10.2 Å². The molecule has 2 rings (SSSR count). The molecule has 1 fully saturated rings. The van der Waals surface area contributed by atoms with Crippen molar-refractivity contribution < 1.29 is 19.4 Å². The number of carbonyl (C=O) groups excluding carboxylic acids is 1. The van der Waals surface area contributed by atoms with Crippen LogP contribution in [0.15, 0.2) is 24.3 Å². The van der Waals surface area contributed by atoms with E-state index < -0.39 is 12.1 Å². The first kappa shape index (κ1) is 15.2. The number of hydrogen-bond donors (Lipinski definition) is 2. The fourth-order valence-electron chi connectivity index (χ4n) is 2.51. The topological polar surface area (TPSA) is 78.9 Å². The van der Waals surface area contributed by atoms with E-state index in [0.717, 1.165) is 17.7 Å². The van der Waals surface area contributed by atoms with Crippen LogP contribution in [0, 0.1) is 0 Å². The quantitative estimate of drug-likeness (QED) is 0.862. The van der Waals surface area contributed by atoms with Crippen LogP contribution in [-0.4, -0.2) is 48.2 Å². The van der Waals surface area contributed by atoms with Crippen molar-refractivity contribution >= 4 is 12.0 Å². The molecule has 1 aromatic carbocycles. The van der Waals surface area contributed by atoms with Crippen molar-refractivity contribution in [3.63, 3.8) is 0 Å². The van der Waals surface area contributed by atoms with Crippen LogP contribution in [0.3, 0.4) is 0 Å². The van der Waals surface area contributed by atoms with Crippen LogP contribution in [0.2, 0.25) is 0 Å². The van der Waals surface area contributed by atoms with Gasteiger partial charge in [0.1, 0.15) is 11.8 Å². The molecule has 0 radical (unpaired) electrons. The van der Waals surface area contributed by atoms with Gasteiger partial charge in [0.15, 0.2) is 0 Å². The van der Waals surface area contributed by atoms with Crippen molar-refractivity contribution in [2.24, 2.45) is 0 Å². The summed E-state index contributed by atoms with van der Waals surface area (Å²) in [5.41, 5.74) is 1.10. The lowest BCUT2D eigenvalue weighted by atomic mass is 10.1. The van der Waals surface area contributed by atoms with Crippen LogP contribution >= 0.6 is 0 Å². The standard InChI is InChI=1S/C15H20N2O4/c1-21-12-6-4-11(5-7-12)8-9-16-14(18)13-3-2-10-17(13)15(19)20/h4-7,13H,2-3,8-10H2,1H3,(H,16,18)(H,19,20)/t13-/m0/s1. The third-order valence-corrected chi connectivity index (χ3v) is 3.67. The van der Waals surface area contributed by atoms with Gasteiger partial charge in [-0.25, -0.2) is 4.79 Å². The number of methoxy groups -OCH3 is 1. The molecule has 1 aliphatic rings. The summed E-state index contributed by atoms with van der Waals surface area (Å²) >= 11 is 0. The predicted octanol–water partition coefficient (Wildman–Crippen LogP) is 1.50. The molecule has 1 aromatic rings. The third-order valence-electron chi connectivity index (χ3n) is 3.67. The maximum atomic E-state index is 12.0. The summed E-state index contributed by atoms with van der Waals surface area (Å²) in [6.07, 6.45) is 1.02. The van der Waals surface area contributed by atoms with Crippen molar-refractivity contribution in [2.75, 3.05) is 20.2 Å². The third kappa shape index (κ3) is 3.87. The molecule has 1 aliphatic heterocycles. The summed E-state index contributed by atoms with van der Waals surface area (Å²) in [6, 6.07) is 7.10. The second kappa shape index (κ2) is 6.97. The smallest absolute Gasteiger partial charge is 0.407 e. The molecule has 0 bridgehead atoms. The molecule has 2 N–H and O–H groups in total. The molecule has 0 spiro atoms. The van der Waals surface area contributed by atoms with Crippen molar-refractivity contribution in [2.45, 2.75) is 25.3 Å². The van der Waals surface area contributed by atoms with E-state index in [1.807, 2.05) is 24.3 Å². The normalized spacial score (nSPS) is 17.6. The van der Waals surface area contributed by atoms with Gasteiger partial charge >= 0.3 is 6.09 Å². The summed E-state index contributed by atoms with van der Waals surface area (Å²) in [5.74, 6) is 0.592. The van der Waals surface area contributed by atoms with Crippen LogP contribution < -0.4 is 10.1 Å². The molecule has 2 amide bonds. The number of nitrogens with zero attached hydrogens (tertiary/aromatic N) is 1. The monoisotopic (exact) mass is 292 g/mol. The number of nitrogens with one attached hydrogen (secondary N) is 1. The zero-order valence-corrected chi connectivity index (χ0v) is 12.0. The van der Waals surface area contributed by atoms with Gasteiger partial charge in [-0.15, -0.1) is 0 Å². The summed E-state index contributed by atoms with van der Waals surface area (Å²) in [7, 11) is 1.62. The van der Waals surface area contributed by atoms with E-state index in [1.54, 1.807) is 7.11 Å². The van der Waals surface area contributed by atoms with Gasteiger partial charge in [0.25, 0.3) is 0 Å². The molecule has 1 saturated heterocycles. The maximum Gasteiger partial charge on any atom is 0.407 e. The molecule has 1 atom stereocenters. The summed E-state index contributed by atoms with van der Waals surface area (Å²) in [4.78, 5) is 24.2. The Hall–Kier alpha value is -2.24. The van der Waals surface area contributed by atoms with Gasteiger partial charge in [-0.05, 0) is 37.0 Å². The first-order valence-corrected chi connectivity index (χ1v) is 7.02. The highest BCUT2D eigenvalue weighted by Gasteiger charge is 2.33. The fourth-order valence-corrected chi connectivity index (χ4v) is 2.51. The Morgan fingerprint density at radius 2 is 2.10 bits per heavy atom. The molecule has 0 aliphatic carbocycles. The first-order valence-electron chi connectivity index (χ1n) is 7.02. The van der Waals surface area contributed by atoms with Gasteiger partial charge in [0, 0.05) is 13.1 Å². The van der Waals surface area contributed by atoms with Crippen LogP contribution in [0.25, 0.3) is 0 Å². The Labute approximate surface area is 123 Å². The van der Waals surface area contributed by atoms with E-state index in [9.17, 15) is 9.59 Å². The van der Waals surface area contributed by atoms with E-state index in [4.69, 9.17) is 9.84 Å². The Morgan fingerprint density at radius 1 is 1.38 bits per heavy atom. The van der Waals surface area contributed by atoms with Gasteiger partial charge < -0.3 is 15.2 Å². The minimum absolute atomic E-state index is 0.205. The van der Waals surface area contributed by atoms with E-state index in [2.05, 4.69) is 5.32 Å². The van der Waals surface area contributed by atoms with E-state index in [-0.39, 0.29) is 5.91 Å². The maximum absolute atomic E-state index is 12.0. The van der Waals surface area contributed by atoms with Crippen molar-refractivity contribution in [3.05, 3.63) is 29.8 Å². The van der Waals surface area contributed by atoms with Gasteiger partial charge in [0.2, 0.25) is 5.91 Å². The van der Waals surface area contributed by atoms with Gasteiger partial charge in [-0.1, -0.05) is 12.1 Å². The number of carboxylic acid groups (broad SMARTS) is 1. The lowest BCUT2D eigenvalue weighted by molar-refractivity contribution is -0.124. The summed E-state index contributed by atoms with van der Waals surface area (Å²) in [5, 5.41) is 11.8. The predicted molar refractivity (Wildman–Crippen MR) is 77.5 cm³/mol. The number of rotatable bonds is 5. The van der Waals surface area contributed by atoms with E-state index >= 15 is 0 Å². The summed E-state index contributed by atoms with van der Waals surface area (Å²) < 4.78 is 5.08. The highest BCUT2D eigenvalue weighted by atomic mass is 16.5. The van der Waals surface area contributed by atoms with E-state index in [1.165, 1.54) is 4.90 Å². The Bertz CT molecular complexity index is 501. The average Bonchev–Trinajstić information content (AvgIpc) is 2.97. The Kier molecular flexibility index (Phi) is 5.03. The number of likely N-dealkylation sites (tertiary alicyclic amines) is 1. The minimum Gasteiger partial charge on any atom is -0.497 e. The first-order chi connectivity index (χ1) is 10.1. The molecule has 1 heterocycles. The van der Waals surface area contributed by atoms with Crippen LogP contribution in [-0.2, 0) is 11.2 Å². The van der Waals surface area contributed by atoms with Gasteiger partial charge in [-0.3, -0.25) is 9.69 Å². The average molecular weight is 292 g/mol. The largest absolute Gasteiger partial charge is 0.497 e. The SMILES string of the molecule is COc1ccc(CCNC(=O)[C@@H]2CCCN2C(=O)O)cc1. The number of benzene rings is 1. The molecular weight excluding hydrogens is 272 g/mol. The van der Waals surface area contributed by atoms with Crippen LogP contribution in [0.1, 0.15) is 18.4 Å². The second-order valence-corrected chi connectivity index (χ2v) is 5.02. The second-order valence-electron chi connectivity index (χ2n) is 5.02. The molecule has 6 nitrogen and oxygen atoms in total. The van der Waals surface area contributed by atoms with Gasteiger partial charge in [-0.2, -0.15) is 0 Å². The van der Waals surface area contributed by atoms with Gasteiger partial charge in [0.05, 0.1) is 7.11 Å². The Morgan fingerprint density at radius 3 is 2.71 bits per heavy atom. The zero-order valence-electron chi connectivity index (χ0n) is 12.0. The Balaban J connectivity index is 1.79. The number of carbonyl (C=O) groups is 2. The van der Waals surface area contributed by atoms with Crippen LogP contribution in [0.5, 0.6) is 5.75 Å². The molecule has 0 unspecified atom stereocenters. The fraction of sp³-hybridized carbons (Fsp3) is 0.467. The molecule has 21 heavy (non-hydrogen) atoms. The van der Waals surface area contributed by atoms with Crippen molar-refractivity contribution in [3.8, 4) is 5.75 Å². The molecule has 6 heteroatoms. The van der Waals surface area contributed by atoms with Crippen molar-refractivity contribution in [1.29, 1.82) is 0 Å². The van der Waals surface area contributed by atoms with E-state index in [0.29, 0.717) is 25.9 Å². The molecular formula is C15H20N2O4.